The molecule has 2 aromatic carbocycles. The average Bonchev–Trinajstić information content (AvgIpc) is 2.61. The fourth-order valence-electron chi connectivity index (χ4n) is 2.35. The maximum Gasteiger partial charge on any atom is 0.251 e. The molecule has 1 aliphatic heterocycles. The molecular weight excluding hydrogens is 274 g/mol. The molecule has 0 aromatic heterocycles. The zero-order valence-electron chi connectivity index (χ0n) is 12.1. The SMILES string of the molecule is O=C(NCc1ccccc1)c1ccccc1C1N=CC=CN1. The van der Waals surface area contributed by atoms with Crippen molar-refractivity contribution in [1.29, 1.82) is 0 Å². The molecule has 4 heteroatoms. The van der Waals surface area contributed by atoms with Gasteiger partial charge in [-0.15, -0.1) is 0 Å². The lowest BCUT2D eigenvalue weighted by Crippen LogP contribution is -2.26. The van der Waals surface area contributed by atoms with Crippen LogP contribution in [0.3, 0.4) is 0 Å². The Balaban J connectivity index is 1.75. The van der Waals surface area contributed by atoms with Crippen molar-refractivity contribution in [2.45, 2.75) is 12.7 Å². The van der Waals surface area contributed by atoms with Crippen molar-refractivity contribution >= 4 is 12.1 Å². The molecule has 110 valence electrons. The Morgan fingerprint density at radius 2 is 1.86 bits per heavy atom. The monoisotopic (exact) mass is 291 g/mol. The highest BCUT2D eigenvalue weighted by Crippen LogP contribution is 2.20. The van der Waals surface area contributed by atoms with Gasteiger partial charge in [-0.1, -0.05) is 48.5 Å². The maximum absolute atomic E-state index is 12.5. The fourth-order valence-corrected chi connectivity index (χ4v) is 2.35. The molecule has 3 rings (SSSR count). The highest BCUT2D eigenvalue weighted by molar-refractivity contribution is 5.95. The molecule has 0 bridgehead atoms. The van der Waals surface area contributed by atoms with Gasteiger partial charge in [0.2, 0.25) is 0 Å². The first kappa shape index (κ1) is 14.1. The topological polar surface area (TPSA) is 53.5 Å². The lowest BCUT2D eigenvalue weighted by atomic mass is 10.0. The highest BCUT2D eigenvalue weighted by Gasteiger charge is 2.17. The molecule has 0 spiro atoms. The first-order valence-electron chi connectivity index (χ1n) is 7.20. The summed E-state index contributed by atoms with van der Waals surface area (Å²) in [4.78, 5) is 16.8. The number of benzene rings is 2. The van der Waals surface area contributed by atoms with Crippen molar-refractivity contribution in [1.82, 2.24) is 10.6 Å². The molecule has 1 unspecified atom stereocenters. The minimum atomic E-state index is -0.219. The minimum absolute atomic E-state index is 0.0917. The number of rotatable bonds is 4. The van der Waals surface area contributed by atoms with Gasteiger partial charge in [-0.25, -0.2) is 0 Å². The van der Waals surface area contributed by atoms with Crippen LogP contribution in [0, 0.1) is 0 Å². The van der Waals surface area contributed by atoms with Gasteiger partial charge in [-0.3, -0.25) is 9.79 Å². The molecule has 0 fully saturated rings. The number of carbonyl (C=O) groups is 1. The Hall–Kier alpha value is -2.88. The second-order valence-electron chi connectivity index (χ2n) is 4.98. The number of carbonyl (C=O) groups excluding carboxylic acids is 1. The van der Waals surface area contributed by atoms with E-state index in [-0.39, 0.29) is 12.1 Å². The molecule has 1 heterocycles. The number of hydrogen-bond donors (Lipinski definition) is 2. The average molecular weight is 291 g/mol. The summed E-state index contributed by atoms with van der Waals surface area (Å²) in [5.74, 6) is -0.0917. The molecule has 0 saturated heterocycles. The zero-order valence-corrected chi connectivity index (χ0v) is 12.1. The third kappa shape index (κ3) is 3.23. The third-order valence-electron chi connectivity index (χ3n) is 3.47. The summed E-state index contributed by atoms with van der Waals surface area (Å²) in [6, 6.07) is 17.4. The first-order chi connectivity index (χ1) is 10.8. The Morgan fingerprint density at radius 1 is 1.09 bits per heavy atom. The van der Waals surface area contributed by atoms with Gasteiger partial charge in [0.25, 0.3) is 5.91 Å². The molecule has 0 saturated carbocycles. The van der Waals surface area contributed by atoms with Crippen molar-refractivity contribution < 1.29 is 4.79 Å². The van der Waals surface area contributed by atoms with Crippen LogP contribution in [-0.2, 0) is 6.54 Å². The Labute approximate surface area is 129 Å². The van der Waals surface area contributed by atoms with Crippen molar-refractivity contribution in [3.63, 3.8) is 0 Å². The summed E-state index contributed by atoms with van der Waals surface area (Å²) in [7, 11) is 0. The summed E-state index contributed by atoms with van der Waals surface area (Å²) < 4.78 is 0. The van der Waals surface area contributed by atoms with E-state index in [1.54, 1.807) is 6.21 Å². The van der Waals surface area contributed by atoms with E-state index < -0.39 is 0 Å². The lowest BCUT2D eigenvalue weighted by Gasteiger charge is -2.18. The molecule has 0 radical (unpaired) electrons. The van der Waals surface area contributed by atoms with Gasteiger partial charge >= 0.3 is 0 Å². The van der Waals surface area contributed by atoms with E-state index in [9.17, 15) is 4.79 Å². The summed E-state index contributed by atoms with van der Waals surface area (Å²) in [5.41, 5.74) is 2.59. The van der Waals surface area contributed by atoms with Gasteiger partial charge in [-0.05, 0) is 23.9 Å². The van der Waals surface area contributed by atoms with Crippen LogP contribution in [0.5, 0.6) is 0 Å². The highest BCUT2D eigenvalue weighted by atomic mass is 16.1. The van der Waals surface area contributed by atoms with Crippen LogP contribution in [0.4, 0.5) is 0 Å². The number of hydrogen-bond acceptors (Lipinski definition) is 3. The van der Waals surface area contributed by atoms with Crippen LogP contribution in [-0.4, -0.2) is 12.1 Å². The molecule has 1 amide bonds. The molecule has 2 aromatic rings. The Morgan fingerprint density at radius 3 is 2.64 bits per heavy atom. The van der Waals surface area contributed by atoms with Gasteiger partial charge in [0.15, 0.2) is 0 Å². The van der Waals surface area contributed by atoms with Crippen LogP contribution < -0.4 is 10.6 Å². The van der Waals surface area contributed by atoms with Crippen LogP contribution in [0.15, 0.2) is 71.9 Å². The van der Waals surface area contributed by atoms with Gasteiger partial charge in [-0.2, -0.15) is 0 Å². The van der Waals surface area contributed by atoms with E-state index in [1.807, 2.05) is 66.9 Å². The zero-order chi connectivity index (χ0) is 15.2. The first-order valence-corrected chi connectivity index (χ1v) is 7.20. The van der Waals surface area contributed by atoms with Crippen LogP contribution >= 0.6 is 0 Å². The van der Waals surface area contributed by atoms with Gasteiger partial charge in [0.05, 0.1) is 0 Å². The lowest BCUT2D eigenvalue weighted by molar-refractivity contribution is 0.0949. The van der Waals surface area contributed by atoms with Crippen molar-refractivity contribution in [2.75, 3.05) is 0 Å². The van der Waals surface area contributed by atoms with Gasteiger partial charge in [0, 0.05) is 23.9 Å². The third-order valence-corrected chi connectivity index (χ3v) is 3.47. The molecule has 4 nitrogen and oxygen atoms in total. The van der Waals surface area contributed by atoms with Crippen molar-refractivity contribution in [3.8, 4) is 0 Å². The van der Waals surface area contributed by atoms with Crippen molar-refractivity contribution in [3.05, 3.63) is 83.6 Å². The van der Waals surface area contributed by atoms with E-state index in [0.717, 1.165) is 11.1 Å². The van der Waals surface area contributed by atoms with E-state index in [2.05, 4.69) is 15.6 Å². The molecule has 0 aliphatic carbocycles. The van der Waals surface area contributed by atoms with Crippen LogP contribution in [0.25, 0.3) is 0 Å². The predicted octanol–water partition coefficient (Wildman–Crippen LogP) is 2.80. The molecule has 1 atom stereocenters. The number of nitrogens with one attached hydrogen (secondary N) is 2. The molecular formula is C18H17N3O. The fraction of sp³-hybridized carbons (Fsp3) is 0.111. The number of nitrogens with zero attached hydrogens (tertiary/aromatic N) is 1. The largest absolute Gasteiger partial charge is 0.366 e. The standard InChI is InChI=1S/C18H17N3O/c22-18(21-13-14-7-2-1-3-8-14)16-10-5-4-9-15(16)17-19-11-6-12-20-17/h1-12,17,19H,13H2,(H,21,22). The molecule has 1 aliphatic rings. The summed E-state index contributed by atoms with van der Waals surface area (Å²) in [6.45, 7) is 0.509. The molecule has 22 heavy (non-hydrogen) atoms. The van der Waals surface area contributed by atoms with Gasteiger partial charge < -0.3 is 10.6 Å². The summed E-state index contributed by atoms with van der Waals surface area (Å²) in [5, 5.41) is 6.10. The van der Waals surface area contributed by atoms with E-state index in [4.69, 9.17) is 0 Å². The number of aliphatic imine (C=N–C) groups is 1. The second kappa shape index (κ2) is 6.72. The van der Waals surface area contributed by atoms with Crippen molar-refractivity contribution in [2.24, 2.45) is 4.99 Å². The maximum atomic E-state index is 12.5. The van der Waals surface area contributed by atoms with E-state index >= 15 is 0 Å². The number of allylic oxidation sites excluding steroid dienone is 1. The summed E-state index contributed by atoms with van der Waals surface area (Å²) >= 11 is 0. The Bertz CT molecular complexity index is 707. The minimum Gasteiger partial charge on any atom is -0.366 e. The van der Waals surface area contributed by atoms with Gasteiger partial charge in [0.1, 0.15) is 6.17 Å². The Kier molecular flexibility index (Phi) is 4.30. The number of amides is 1. The molecule has 2 N–H and O–H groups in total. The predicted molar refractivity (Wildman–Crippen MR) is 87.6 cm³/mol. The van der Waals surface area contributed by atoms with E-state index in [0.29, 0.717) is 12.1 Å². The van der Waals surface area contributed by atoms with E-state index in [1.165, 1.54) is 0 Å². The smallest absolute Gasteiger partial charge is 0.251 e. The normalized spacial score (nSPS) is 16.1. The van der Waals surface area contributed by atoms with Crippen LogP contribution in [0.1, 0.15) is 27.7 Å². The summed E-state index contributed by atoms with van der Waals surface area (Å²) in [6.07, 6.45) is 5.17. The second-order valence-corrected chi connectivity index (χ2v) is 4.98. The quantitative estimate of drug-likeness (QED) is 0.910. The van der Waals surface area contributed by atoms with Crippen LogP contribution in [0.2, 0.25) is 0 Å².